The van der Waals surface area contributed by atoms with Crippen LogP contribution in [0, 0.1) is 18.3 Å². The summed E-state index contributed by atoms with van der Waals surface area (Å²) < 4.78 is 3.35. The summed E-state index contributed by atoms with van der Waals surface area (Å²) in [6, 6.07) is 12.9. The molecule has 1 N–H and O–H groups in total. The van der Waals surface area contributed by atoms with Crippen molar-refractivity contribution in [3.8, 4) is 17.7 Å². The summed E-state index contributed by atoms with van der Waals surface area (Å²) in [5, 5.41) is 16.7. The topological polar surface area (TPSA) is 114 Å². The molecule has 0 fully saturated rings. The summed E-state index contributed by atoms with van der Waals surface area (Å²) in [5.41, 5.74) is 3.80. The minimum Gasteiger partial charge on any atom is -0.340 e. The van der Waals surface area contributed by atoms with Gasteiger partial charge in [0.1, 0.15) is 24.1 Å². The first kappa shape index (κ1) is 22.4. The van der Waals surface area contributed by atoms with Gasteiger partial charge in [-0.3, -0.25) is 14.4 Å². The number of hydrogen-bond donors (Lipinski definition) is 1. The molecular formula is C25H22N8O. The van der Waals surface area contributed by atoms with E-state index in [1.54, 1.807) is 43.7 Å². The fourth-order valence-electron chi connectivity index (χ4n) is 3.50. The SMILES string of the molecule is C=C/C=C\C(=N/C)Nc1ccc2c(c1)ncn2-c1ccc(C(C)=O)c(-n2nc(C#N)cc2C)n1. The van der Waals surface area contributed by atoms with Crippen molar-refractivity contribution < 1.29 is 4.79 Å². The van der Waals surface area contributed by atoms with Crippen LogP contribution in [0.5, 0.6) is 0 Å². The van der Waals surface area contributed by atoms with Crippen molar-refractivity contribution in [3.05, 3.63) is 84.5 Å². The Bertz CT molecular complexity index is 1510. The van der Waals surface area contributed by atoms with Crippen LogP contribution in [0.2, 0.25) is 0 Å². The van der Waals surface area contributed by atoms with Crippen LogP contribution in [0.25, 0.3) is 22.7 Å². The number of nitriles is 1. The number of Topliss-reactive ketones (excluding diaryl/α,β-unsaturated/α-hetero) is 1. The number of anilines is 1. The summed E-state index contributed by atoms with van der Waals surface area (Å²) in [5.74, 6) is 1.48. The molecule has 168 valence electrons. The van der Waals surface area contributed by atoms with Crippen LogP contribution >= 0.6 is 0 Å². The van der Waals surface area contributed by atoms with Crippen molar-refractivity contribution >= 4 is 28.3 Å². The van der Waals surface area contributed by atoms with E-state index in [0.29, 0.717) is 28.7 Å². The second-order valence-electron chi connectivity index (χ2n) is 7.44. The quantitative estimate of drug-likeness (QED) is 0.204. The number of allylic oxidation sites excluding steroid dienone is 2. The minimum atomic E-state index is -0.146. The van der Waals surface area contributed by atoms with Crippen LogP contribution in [-0.2, 0) is 0 Å². The monoisotopic (exact) mass is 450 g/mol. The number of aromatic nitrogens is 5. The Hall–Kier alpha value is -4.84. The van der Waals surface area contributed by atoms with Gasteiger partial charge < -0.3 is 5.32 Å². The summed E-state index contributed by atoms with van der Waals surface area (Å²) in [4.78, 5) is 25.7. The third kappa shape index (κ3) is 4.25. The molecule has 0 aliphatic carbocycles. The number of pyridine rings is 1. The van der Waals surface area contributed by atoms with E-state index >= 15 is 0 Å². The zero-order chi connectivity index (χ0) is 24.2. The van der Waals surface area contributed by atoms with Gasteiger partial charge in [0, 0.05) is 18.4 Å². The standard InChI is InChI=1S/C25H22N8O/c1-5-6-7-23(27-4)29-18-8-10-22-21(13-18)28-15-32(22)24-11-9-20(17(3)34)25(30-24)33-16(2)12-19(14-26)31-33/h5-13,15H,1H2,2-4H3,(H,27,29)/b7-6-. The third-order valence-electron chi connectivity index (χ3n) is 5.14. The zero-order valence-electron chi connectivity index (χ0n) is 19.0. The first-order valence-corrected chi connectivity index (χ1v) is 10.4. The molecule has 0 bridgehead atoms. The van der Waals surface area contributed by atoms with Crippen molar-refractivity contribution in [1.82, 2.24) is 24.3 Å². The summed E-state index contributed by atoms with van der Waals surface area (Å²) in [6.45, 7) is 6.96. The second kappa shape index (κ2) is 9.34. The van der Waals surface area contributed by atoms with Crippen LogP contribution in [-0.4, -0.2) is 43.0 Å². The Morgan fingerprint density at radius 3 is 2.76 bits per heavy atom. The molecule has 0 amide bonds. The molecule has 4 aromatic rings. The van der Waals surface area contributed by atoms with Gasteiger partial charge in [-0.05, 0) is 56.3 Å². The van der Waals surface area contributed by atoms with Crippen LogP contribution < -0.4 is 5.32 Å². The number of aliphatic imine (C=N–C) groups is 1. The molecule has 0 saturated heterocycles. The van der Waals surface area contributed by atoms with E-state index in [2.05, 4.69) is 27.0 Å². The number of imidazole rings is 1. The molecule has 0 saturated carbocycles. The molecule has 34 heavy (non-hydrogen) atoms. The number of carbonyl (C=O) groups is 1. The highest BCUT2D eigenvalue weighted by Crippen LogP contribution is 2.23. The Morgan fingerprint density at radius 1 is 1.26 bits per heavy atom. The average Bonchev–Trinajstić information content (AvgIpc) is 3.44. The maximum absolute atomic E-state index is 12.3. The Labute approximate surface area is 196 Å². The number of benzene rings is 1. The molecule has 9 nitrogen and oxygen atoms in total. The number of nitrogens with one attached hydrogen (secondary N) is 1. The van der Waals surface area contributed by atoms with Gasteiger partial charge in [0.05, 0.1) is 16.6 Å². The highest BCUT2D eigenvalue weighted by molar-refractivity contribution is 6.04. The average molecular weight is 451 g/mol. The third-order valence-corrected chi connectivity index (χ3v) is 5.14. The predicted octanol–water partition coefficient (Wildman–Crippen LogP) is 4.17. The summed E-state index contributed by atoms with van der Waals surface area (Å²) in [6.07, 6.45) is 6.99. The molecule has 3 heterocycles. The van der Waals surface area contributed by atoms with Crippen molar-refractivity contribution in [1.29, 1.82) is 5.26 Å². The molecule has 0 radical (unpaired) electrons. The van der Waals surface area contributed by atoms with E-state index in [1.165, 1.54) is 11.6 Å². The lowest BCUT2D eigenvalue weighted by molar-refractivity contribution is 0.101. The Morgan fingerprint density at radius 2 is 2.09 bits per heavy atom. The fraction of sp³-hybridized carbons (Fsp3) is 0.120. The van der Waals surface area contributed by atoms with Crippen LogP contribution in [0.4, 0.5) is 5.69 Å². The number of fused-ring (bicyclic) bond motifs is 1. The van der Waals surface area contributed by atoms with E-state index in [9.17, 15) is 10.1 Å². The van der Waals surface area contributed by atoms with Gasteiger partial charge in [0.15, 0.2) is 17.3 Å². The van der Waals surface area contributed by atoms with Crippen LogP contribution in [0.3, 0.4) is 0 Å². The number of rotatable bonds is 6. The van der Waals surface area contributed by atoms with E-state index in [4.69, 9.17) is 4.98 Å². The Kier molecular flexibility index (Phi) is 6.14. The molecule has 0 atom stereocenters. The maximum Gasteiger partial charge on any atom is 0.166 e. The van der Waals surface area contributed by atoms with Crippen molar-refractivity contribution in [2.45, 2.75) is 13.8 Å². The van der Waals surface area contributed by atoms with Crippen molar-refractivity contribution in [2.24, 2.45) is 4.99 Å². The highest BCUT2D eigenvalue weighted by Gasteiger charge is 2.17. The number of amidine groups is 1. The molecule has 9 heteroatoms. The minimum absolute atomic E-state index is 0.146. The van der Waals surface area contributed by atoms with Crippen LogP contribution in [0.15, 0.2) is 72.5 Å². The molecule has 4 rings (SSSR count). The molecule has 3 aromatic heterocycles. The van der Waals surface area contributed by atoms with E-state index < -0.39 is 0 Å². The largest absolute Gasteiger partial charge is 0.340 e. The second-order valence-corrected chi connectivity index (χ2v) is 7.44. The number of ketones is 1. The first-order chi connectivity index (χ1) is 16.4. The molecule has 0 aliphatic rings. The lowest BCUT2D eigenvalue weighted by Crippen LogP contribution is -2.11. The van der Waals surface area contributed by atoms with Gasteiger partial charge in [-0.25, -0.2) is 14.6 Å². The van der Waals surface area contributed by atoms with Gasteiger partial charge in [-0.1, -0.05) is 18.7 Å². The van der Waals surface area contributed by atoms with E-state index in [1.807, 2.05) is 41.8 Å². The number of hydrogen-bond acceptors (Lipinski definition) is 6. The van der Waals surface area contributed by atoms with Gasteiger partial charge in [0.2, 0.25) is 0 Å². The van der Waals surface area contributed by atoms with Crippen molar-refractivity contribution in [2.75, 3.05) is 12.4 Å². The summed E-state index contributed by atoms with van der Waals surface area (Å²) in [7, 11) is 1.71. The van der Waals surface area contributed by atoms with Gasteiger partial charge in [-0.2, -0.15) is 10.4 Å². The molecule has 0 spiro atoms. The van der Waals surface area contributed by atoms with E-state index in [0.717, 1.165) is 16.7 Å². The maximum atomic E-state index is 12.3. The molecular weight excluding hydrogens is 428 g/mol. The fourth-order valence-corrected chi connectivity index (χ4v) is 3.50. The van der Waals surface area contributed by atoms with Gasteiger partial charge >= 0.3 is 0 Å². The van der Waals surface area contributed by atoms with Crippen molar-refractivity contribution in [3.63, 3.8) is 0 Å². The Balaban J connectivity index is 1.77. The molecule has 1 aromatic carbocycles. The normalized spacial score (nSPS) is 11.6. The van der Waals surface area contributed by atoms with Gasteiger partial charge in [-0.15, -0.1) is 0 Å². The van der Waals surface area contributed by atoms with E-state index in [-0.39, 0.29) is 11.5 Å². The van der Waals surface area contributed by atoms with Gasteiger partial charge in [0.25, 0.3) is 0 Å². The first-order valence-electron chi connectivity index (χ1n) is 10.4. The molecule has 0 aliphatic heterocycles. The number of nitrogens with zero attached hydrogens (tertiary/aromatic N) is 7. The van der Waals surface area contributed by atoms with Crippen LogP contribution in [0.1, 0.15) is 28.7 Å². The zero-order valence-corrected chi connectivity index (χ0v) is 19.0. The lowest BCUT2D eigenvalue weighted by atomic mass is 10.2. The lowest BCUT2D eigenvalue weighted by Gasteiger charge is -2.11. The highest BCUT2D eigenvalue weighted by atomic mass is 16.1. The predicted molar refractivity (Wildman–Crippen MR) is 132 cm³/mol. The summed E-state index contributed by atoms with van der Waals surface area (Å²) >= 11 is 0. The molecule has 0 unspecified atom stereocenters. The number of carbonyl (C=O) groups excluding carboxylic acids is 1. The number of aryl methyl sites for hydroxylation is 1. The smallest absolute Gasteiger partial charge is 0.166 e.